The van der Waals surface area contributed by atoms with Crippen LogP contribution in [0.1, 0.15) is 0 Å². The minimum absolute atomic E-state index is 0.844. The molecule has 0 aliphatic carbocycles. The fourth-order valence-corrected chi connectivity index (χ4v) is 6.94. The summed E-state index contributed by atoms with van der Waals surface area (Å²) < 4.78 is 1.30. The second-order valence-corrected chi connectivity index (χ2v) is 10.9. The lowest BCUT2D eigenvalue weighted by Gasteiger charge is -2.27. The number of anilines is 3. The highest BCUT2D eigenvalue weighted by atomic mass is 32.1. The molecule has 4 aromatic carbocycles. The first kappa shape index (κ1) is 22.9. The summed E-state index contributed by atoms with van der Waals surface area (Å²) in [4.78, 5) is 13.5. The second-order valence-electron chi connectivity index (χ2n) is 9.85. The summed E-state index contributed by atoms with van der Waals surface area (Å²) >= 11 is 1.86. The predicted octanol–water partition coefficient (Wildman–Crippen LogP) is 10.1. The van der Waals surface area contributed by atoms with Gasteiger partial charge in [0.25, 0.3) is 0 Å². The van der Waals surface area contributed by atoms with E-state index in [1.165, 1.54) is 31.7 Å². The Balaban J connectivity index is 1.45. The van der Waals surface area contributed by atoms with Gasteiger partial charge in [-0.05, 0) is 53.6 Å². The van der Waals surface area contributed by atoms with Crippen molar-refractivity contribution in [2.24, 2.45) is 0 Å². The minimum atomic E-state index is 0.844. The van der Waals surface area contributed by atoms with Crippen molar-refractivity contribution in [2.75, 3.05) is 4.90 Å². The van der Waals surface area contributed by atoms with Gasteiger partial charge in [0, 0.05) is 37.9 Å². The lowest BCUT2D eigenvalue weighted by atomic mass is 9.99. The maximum atomic E-state index is 5.27. The van der Waals surface area contributed by atoms with E-state index in [9.17, 15) is 0 Å². The van der Waals surface area contributed by atoms with Crippen LogP contribution in [-0.4, -0.2) is 9.97 Å². The molecule has 0 saturated carbocycles. The van der Waals surface area contributed by atoms with E-state index in [0.717, 1.165) is 39.7 Å². The maximum absolute atomic E-state index is 5.27. The van der Waals surface area contributed by atoms with Gasteiger partial charge in [0.15, 0.2) is 0 Å². The molecule has 40 heavy (non-hydrogen) atoms. The van der Waals surface area contributed by atoms with Gasteiger partial charge in [0.2, 0.25) is 0 Å². The number of hydrogen-bond acceptors (Lipinski definition) is 4. The third kappa shape index (κ3) is 3.65. The van der Waals surface area contributed by atoms with E-state index in [1.54, 1.807) is 0 Å². The van der Waals surface area contributed by atoms with Crippen LogP contribution in [0.25, 0.3) is 54.2 Å². The van der Waals surface area contributed by atoms with Crippen LogP contribution in [-0.2, 0) is 0 Å². The van der Waals surface area contributed by atoms with Gasteiger partial charge in [-0.2, -0.15) is 0 Å². The predicted molar refractivity (Wildman–Crippen MR) is 167 cm³/mol. The molecule has 4 heteroatoms. The molecular weight excluding hydrogens is 506 g/mol. The van der Waals surface area contributed by atoms with Gasteiger partial charge in [0.05, 0.1) is 22.8 Å². The first-order valence-electron chi connectivity index (χ1n) is 13.3. The normalized spacial score (nSPS) is 11.9. The van der Waals surface area contributed by atoms with Gasteiger partial charge in [-0.1, -0.05) is 91.0 Å². The van der Waals surface area contributed by atoms with Crippen molar-refractivity contribution < 1.29 is 0 Å². The van der Waals surface area contributed by atoms with Crippen molar-refractivity contribution in [3.8, 4) is 44.1 Å². The van der Waals surface area contributed by atoms with Gasteiger partial charge < -0.3 is 0 Å². The molecule has 4 heterocycles. The fourth-order valence-electron chi connectivity index (χ4n) is 5.69. The van der Waals surface area contributed by atoms with E-state index in [-0.39, 0.29) is 0 Å². The third-order valence-electron chi connectivity index (χ3n) is 7.47. The summed E-state index contributed by atoms with van der Waals surface area (Å²) in [6.45, 7) is 0. The molecule has 3 aromatic heterocycles. The van der Waals surface area contributed by atoms with Crippen LogP contribution >= 0.6 is 11.3 Å². The Morgan fingerprint density at radius 2 is 1.25 bits per heavy atom. The number of benzene rings is 4. The number of aromatic nitrogens is 2. The highest BCUT2D eigenvalue weighted by molar-refractivity contribution is 7.23. The Kier molecular flexibility index (Phi) is 5.32. The van der Waals surface area contributed by atoms with Crippen LogP contribution in [0.3, 0.4) is 0 Å². The molecule has 188 valence electrons. The van der Waals surface area contributed by atoms with Crippen molar-refractivity contribution in [3.05, 3.63) is 140 Å². The highest BCUT2D eigenvalue weighted by Crippen LogP contribution is 2.55. The van der Waals surface area contributed by atoms with E-state index < -0.39 is 0 Å². The summed E-state index contributed by atoms with van der Waals surface area (Å²) in [5.74, 6) is 0.862. The Labute approximate surface area is 236 Å². The monoisotopic (exact) mass is 529 g/mol. The molecule has 1 aliphatic rings. The summed E-state index contributed by atoms with van der Waals surface area (Å²) in [6.07, 6.45) is 1.82. The van der Waals surface area contributed by atoms with Gasteiger partial charge >= 0.3 is 0 Å². The van der Waals surface area contributed by atoms with Crippen LogP contribution in [0, 0.1) is 0 Å². The zero-order chi connectivity index (χ0) is 26.5. The first-order valence-corrected chi connectivity index (χ1v) is 14.2. The molecule has 3 nitrogen and oxygen atoms in total. The smallest absolute Gasteiger partial charge is 0.138 e. The SMILES string of the molecule is c1ccc(-c2cc(-c3ccccn3)nc(N3c4ccccc4-c4sc5ccccc5c4-c4ccccc43)c2)cc1. The fraction of sp³-hybridized carbons (Fsp3) is 0. The zero-order valence-corrected chi connectivity index (χ0v) is 22.3. The lowest BCUT2D eigenvalue weighted by molar-refractivity contribution is 1.17. The van der Waals surface area contributed by atoms with Gasteiger partial charge in [-0.25, -0.2) is 4.98 Å². The molecule has 0 N–H and O–H groups in total. The van der Waals surface area contributed by atoms with E-state index in [2.05, 4.69) is 125 Å². The maximum Gasteiger partial charge on any atom is 0.138 e. The summed E-state index contributed by atoms with van der Waals surface area (Å²) in [6, 6.07) is 47.0. The Morgan fingerprint density at radius 3 is 2.08 bits per heavy atom. The number of fused-ring (bicyclic) bond motifs is 7. The van der Waals surface area contributed by atoms with Crippen molar-refractivity contribution in [3.63, 3.8) is 0 Å². The number of para-hydroxylation sites is 2. The lowest BCUT2D eigenvalue weighted by Crippen LogP contribution is -2.13. The molecule has 0 fully saturated rings. The average molecular weight is 530 g/mol. The summed E-state index contributed by atoms with van der Waals surface area (Å²) in [5, 5.41) is 1.28. The van der Waals surface area contributed by atoms with Crippen molar-refractivity contribution >= 4 is 38.6 Å². The van der Waals surface area contributed by atoms with Gasteiger partial charge in [-0.15, -0.1) is 11.3 Å². The molecule has 0 bridgehead atoms. The van der Waals surface area contributed by atoms with E-state index in [1.807, 2.05) is 35.7 Å². The molecule has 0 saturated heterocycles. The molecule has 0 unspecified atom stereocenters. The third-order valence-corrected chi connectivity index (χ3v) is 8.68. The summed E-state index contributed by atoms with van der Waals surface area (Å²) in [7, 11) is 0. The quantitative estimate of drug-likeness (QED) is 0.228. The second kappa shape index (κ2) is 9.30. The first-order chi connectivity index (χ1) is 19.8. The number of nitrogens with zero attached hydrogens (tertiary/aromatic N) is 3. The molecule has 0 radical (unpaired) electrons. The van der Waals surface area contributed by atoms with Gasteiger partial charge in [0.1, 0.15) is 5.82 Å². The molecule has 0 atom stereocenters. The summed E-state index contributed by atoms with van der Waals surface area (Å²) in [5.41, 5.74) is 9.87. The largest absolute Gasteiger partial charge is 0.294 e. The van der Waals surface area contributed by atoms with Crippen molar-refractivity contribution in [1.29, 1.82) is 0 Å². The Morgan fingerprint density at radius 1 is 0.550 bits per heavy atom. The topological polar surface area (TPSA) is 29.0 Å². The molecule has 1 aliphatic heterocycles. The molecular formula is C36H23N3S. The number of thiophene rings is 1. The standard InChI is InChI=1S/C36H23N3S/c1-2-12-24(13-3-1)25-22-30(29-17-10-11-21-37-29)38-34(23-25)39-31-18-7-4-14-26(31)35-28-16-6-9-20-33(28)40-36(35)27-15-5-8-19-32(27)39/h1-23H. The Bertz CT molecular complexity index is 1950. The van der Waals surface area contributed by atoms with Crippen LogP contribution in [0.15, 0.2) is 140 Å². The van der Waals surface area contributed by atoms with E-state index >= 15 is 0 Å². The van der Waals surface area contributed by atoms with Crippen molar-refractivity contribution in [2.45, 2.75) is 0 Å². The molecule has 8 rings (SSSR count). The van der Waals surface area contributed by atoms with Crippen molar-refractivity contribution in [1.82, 2.24) is 9.97 Å². The molecule has 7 aromatic rings. The van der Waals surface area contributed by atoms with Gasteiger partial charge in [-0.3, -0.25) is 9.88 Å². The van der Waals surface area contributed by atoms with Crippen LogP contribution in [0.4, 0.5) is 17.2 Å². The average Bonchev–Trinajstić information content (AvgIpc) is 3.36. The molecule has 0 spiro atoms. The molecule has 0 amide bonds. The highest BCUT2D eigenvalue weighted by Gasteiger charge is 2.29. The minimum Gasteiger partial charge on any atom is -0.294 e. The Hall–Kier alpha value is -5.06. The number of rotatable bonds is 3. The van der Waals surface area contributed by atoms with Crippen LogP contribution in [0.2, 0.25) is 0 Å². The van der Waals surface area contributed by atoms with Crippen LogP contribution < -0.4 is 4.90 Å². The van der Waals surface area contributed by atoms with E-state index in [0.29, 0.717) is 0 Å². The zero-order valence-electron chi connectivity index (χ0n) is 21.5. The van der Waals surface area contributed by atoms with E-state index in [4.69, 9.17) is 4.98 Å². The van der Waals surface area contributed by atoms with Crippen LogP contribution in [0.5, 0.6) is 0 Å². The number of hydrogen-bond donors (Lipinski definition) is 0. The number of pyridine rings is 2.